The minimum Gasteiger partial charge on any atom is -0.491 e. The highest BCUT2D eigenvalue weighted by molar-refractivity contribution is 5.98. The molecule has 0 fully saturated rings. The number of pyridine rings is 1. The van der Waals surface area contributed by atoms with Crippen LogP contribution in [-0.4, -0.2) is 24.0 Å². The molecule has 2 heterocycles. The lowest BCUT2D eigenvalue weighted by Gasteiger charge is -2.16. The lowest BCUT2D eigenvalue weighted by molar-refractivity contribution is -0.141. The molecule has 4 nitrogen and oxygen atoms in total. The van der Waals surface area contributed by atoms with E-state index in [0.29, 0.717) is 42.0 Å². The van der Waals surface area contributed by atoms with E-state index in [1.54, 1.807) is 18.2 Å². The van der Waals surface area contributed by atoms with Crippen molar-refractivity contribution in [2.45, 2.75) is 26.4 Å². The van der Waals surface area contributed by atoms with Crippen LogP contribution in [0.15, 0.2) is 48.7 Å². The first-order chi connectivity index (χ1) is 14.7. The van der Waals surface area contributed by atoms with E-state index in [4.69, 9.17) is 4.74 Å². The molecular formula is C24H21F3N2O2. The molecule has 0 saturated heterocycles. The van der Waals surface area contributed by atoms with Crippen LogP contribution in [0.1, 0.15) is 38.3 Å². The molecule has 1 aliphatic heterocycles. The number of fused-ring (bicyclic) bond motifs is 1. The van der Waals surface area contributed by atoms with Crippen molar-refractivity contribution in [3.63, 3.8) is 0 Å². The second-order valence-corrected chi connectivity index (χ2v) is 7.57. The number of alkyl halides is 3. The Balaban J connectivity index is 1.62. The highest BCUT2D eigenvalue weighted by Crippen LogP contribution is 2.33. The molecule has 3 aromatic rings. The molecule has 0 aliphatic carbocycles. The molecule has 0 spiro atoms. The van der Waals surface area contributed by atoms with Crippen molar-refractivity contribution in [2.24, 2.45) is 0 Å². The van der Waals surface area contributed by atoms with Gasteiger partial charge in [-0.1, -0.05) is 24.3 Å². The third kappa shape index (κ3) is 4.26. The van der Waals surface area contributed by atoms with Crippen LogP contribution in [0.2, 0.25) is 0 Å². The van der Waals surface area contributed by atoms with Crippen LogP contribution < -0.4 is 10.1 Å². The third-order valence-electron chi connectivity index (χ3n) is 5.56. The molecule has 160 valence electrons. The summed E-state index contributed by atoms with van der Waals surface area (Å²) < 4.78 is 44.6. The van der Waals surface area contributed by atoms with Crippen molar-refractivity contribution >= 4 is 5.91 Å². The highest BCUT2D eigenvalue weighted by Gasteiger charge is 2.32. The van der Waals surface area contributed by atoms with Crippen molar-refractivity contribution in [2.75, 3.05) is 13.2 Å². The Labute approximate surface area is 178 Å². The van der Waals surface area contributed by atoms with Gasteiger partial charge in [-0.25, -0.2) is 0 Å². The third-order valence-corrected chi connectivity index (χ3v) is 5.56. The van der Waals surface area contributed by atoms with E-state index in [-0.39, 0.29) is 5.91 Å². The van der Waals surface area contributed by atoms with E-state index in [0.717, 1.165) is 28.3 Å². The van der Waals surface area contributed by atoms with Crippen LogP contribution in [-0.2, 0) is 12.6 Å². The molecule has 4 rings (SSSR count). The number of carbonyl (C=O) groups is 1. The number of hydrogen-bond acceptors (Lipinski definition) is 3. The molecule has 1 aliphatic rings. The average Bonchev–Trinajstić information content (AvgIpc) is 2.93. The summed E-state index contributed by atoms with van der Waals surface area (Å²) in [7, 11) is 0. The number of hydrogen-bond donors (Lipinski definition) is 1. The van der Waals surface area contributed by atoms with Gasteiger partial charge in [-0.2, -0.15) is 13.2 Å². The Kier molecular flexibility index (Phi) is 5.43. The van der Waals surface area contributed by atoms with E-state index in [2.05, 4.69) is 10.3 Å². The number of benzene rings is 2. The largest absolute Gasteiger partial charge is 0.491 e. The van der Waals surface area contributed by atoms with Gasteiger partial charge in [0.1, 0.15) is 18.1 Å². The number of aromatic nitrogens is 1. The van der Waals surface area contributed by atoms with Gasteiger partial charge in [0.15, 0.2) is 0 Å². The minimum absolute atomic E-state index is 0.148. The summed E-state index contributed by atoms with van der Waals surface area (Å²) >= 11 is 0. The molecule has 0 atom stereocenters. The molecule has 2 aromatic carbocycles. The fourth-order valence-corrected chi connectivity index (χ4v) is 3.71. The number of rotatable bonds is 3. The van der Waals surface area contributed by atoms with E-state index in [1.807, 2.05) is 32.0 Å². The molecule has 0 unspecified atom stereocenters. The Morgan fingerprint density at radius 3 is 2.48 bits per heavy atom. The number of ether oxygens (including phenoxy) is 1. The number of halogens is 3. The summed E-state index contributed by atoms with van der Waals surface area (Å²) in [6, 6.07) is 11.8. The fourth-order valence-electron chi connectivity index (χ4n) is 3.71. The van der Waals surface area contributed by atoms with Gasteiger partial charge in [0, 0.05) is 6.20 Å². The van der Waals surface area contributed by atoms with Crippen molar-refractivity contribution in [1.82, 2.24) is 10.3 Å². The molecule has 1 aromatic heterocycles. The number of nitrogens with one attached hydrogen (secondary N) is 1. The van der Waals surface area contributed by atoms with Gasteiger partial charge in [-0.15, -0.1) is 0 Å². The topological polar surface area (TPSA) is 51.2 Å². The van der Waals surface area contributed by atoms with E-state index in [9.17, 15) is 18.0 Å². The summed E-state index contributed by atoms with van der Waals surface area (Å²) in [6.07, 6.45) is -2.72. The van der Waals surface area contributed by atoms with Crippen LogP contribution in [0.5, 0.6) is 5.75 Å². The lowest BCUT2D eigenvalue weighted by Crippen LogP contribution is -2.24. The predicted octanol–water partition coefficient (Wildman–Crippen LogP) is 5.10. The van der Waals surface area contributed by atoms with Gasteiger partial charge in [-0.05, 0) is 71.8 Å². The molecule has 31 heavy (non-hydrogen) atoms. The molecule has 0 bridgehead atoms. The average molecular weight is 426 g/mol. The van der Waals surface area contributed by atoms with Gasteiger partial charge >= 0.3 is 6.18 Å². The Bertz CT molecular complexity index is 1140. The zero-order chi connectivity index (χ0) is 22.2. The number of carbonyl (C=O) groups excluding carboxylic acids is 1. The zero-order valence-corrected chi connectivity index (χ0v) is 17.1. The Morgan fingerprint density at radius 2 is 1.77 bits per heavy atom. The maximum atomic E-state index is 12.9. The quantitative estimate of drug-likeness (QED) is 0.634. The molecular weight excluding hydrogens is 405 g/mol. The van der Waals surface area contributed by atoms with Crippen molar-refractivity contribution in [1.29, 1.82) is 0 Å². The van der Waals surface area contributed by atoms with Crippen LogP contribution >= 0.6 is 0 Å². The first-order valence-corrected chi connectivity index (χ1v) is 9.90. The minimum atomic E-state index is -4.48. The Hall–Kier alpha value is -3.35. The van der Waals surface area contributed by atoms with Gasteiger partial charge in [-0.3, -0.25) is 9.78 Å². The normalized spacial score (nSPS) is 13.8. The van der Waals surface area contributed by atoms with Crippen molar-refractivity contribution in [3.05, 3.63) is 82.2 Å². The molecule has 1 N–H and O–H groups in total. The van der Waals surface area contributed by atoms with Crippen molar-refractivity contribution in [3.8, 4) is 16.9 Å². The molecule has 0 radical (unpaired) electrons. The Morgan fingerprint density at radius 1 is 1.03 bits per heavy atom. The first kappa shape index (κ1) is 20.9. The summed E-state index contributed by atoms with van der Waals surface area (Å²) in [5.41, 5.74) is 4.76. The van der Waals surface area contributed by atoms with Gasteiger partial charge in [0.05, 0.1) is 12.1 Å². The smallest absolute Gasteiger partial charge is 0.433 e. The summed E-state index contributed by atoms with van der Waals surface area (Å²) in [4.78, 5) is 15.8. The monoisotopic (exact) mass is 426 g/mol. The molecule has 7 heteroatoms. The van der Waals surface area contributed by atoms with E-state index in [1.165, 1.54) is 6.20 Å². The van der Waals surface area contributed by atoms with Crippen LogP contribution in [0.3, 0.4) is 0 Å². The molecule has 0 saturated carbocycles. The summed E-state index contributed by atoms with van der Waals surface area (Å²) in [6.45, 7) is 4.85. The maximum Gasteiger partial charge on any atom is 0.433 e. The van der Waals surface area contributed by atoms with E-state index < -0.39 is 11.9 Å². The lowest BCUT2D eigenvalue weighted by atomic mass is 9.92. The maximum absolute atomic E-state index is 12.9. The van der Waals surface area contributed by atoms with Crippen LogP contribution in [0.25, 0.3) is 11.1 Å². The van der Waals surface area contributed by atoms with Gasteiger partial charge < -0.3 is 10.1 Å². The summed E-state index contributed by atoms with van der Waals surface area (Å²) in [5, 5.41) is 2.83. The van der Waals surface area contributed by atoms with E-state index >= 15 is 0 Å². The molecule has 1 amide bonds. The number of nitrogens with zero attached hydrogens (tertiary/aromatic N) is 1. The van der Waals surface area contributed by atoms with Crippen LogP contribution in [0.4, 0.5) is 13.2 Å². The first-order valence-electron chi connectivity index (χ1n) is 9.90. The summed E-state index contributed by atoms with van der Waals surface area (Å²) in [5.74, 6) is 0.482. The standard InChI is InChI=1S/C24H21F3N2O2/c1-14-15(2)22-20(23(30)29-9-10-31-22)12-19(14)11-16-3-5-17(6-4-16)18-7-8-28-21(13-18)24(25,26)27/h3-8,12-13H,9-11H2,1-2H3,(H,29,30). The van der Waals surface area contributed by atoms with Crippen LogP contribution in [0, 0.1) is 13.8 Å². The van der Waals surface area contributed by atoms with Gasteiger partial charge in [0.25, 0.3) is 5.91 Å². The predicted molar refractivity (Wildman–Crippen MR) is 111 cm³/mol. The second-order valence-electron chi connectivity index (χ2n) is 7.57. The van der Waals surface area contributed by atoms with Gasteiger partial charge in [0.2, 0.25) is 0 Å². The van der Waals surface area contributed by atoms with Crippen molar-refractivity contribution < 1.29 is 22.7 Å². The highest BCUT2D eigenvalue weighted by atomic mass is 19.4. The fraction of sp³-hybridized carbons (Fsp3) is 0.250. The zero-order valence-electron chi connectivity index (χ0n) is 17.1. The SMILES string of the molecule is Cc1c(Cc2ccc(-c3ccnc(C(F)(F)F)c3)cc2)cc2c(c1C)OCCNC2=O. The number of amides is 1. The second kappa shape index (κ2) is 8.06.